The third kappa shape index (κ3) is 3.89. The lowest BCUT2D eigenvalue weighted by Crippen LogP contribution is -2.40. The van der Waals surface area contributed by atoms with E-state index in [1.54, 1.807) is 38.0 Å². The van der Waals surface area contributed by atoms with Crippen LogP contribution in [0.25, 0.3) is 10.2 Å². The summed E-state index contributed by atoms with van der Waals surface area (Å²) in [7, 11) is 1.10. The predicted molar refractivity (Wildman–Crippen MR) is 121 cm³/mol. The van der Waals surface area contributed by atoms with E-state index < -0.39 is 22.0 Å². The van der Waals surface area contributed by atoms with Gasteiger partial charge >= 0.3 is 0 Å². The number of hydrogen-bond acceptors (Lipinski definition) is 7. The summed E-state index contributed by atoms with van der Waals surface area (Å²) in [6.07, 6.45) is 1.01. The number of rotatable bonds is 5. The number of fused-ring (bicyclic) bond motifs is 1. The highest BCUT2D eigenvalue weighted by Crippen LogP contribution is 2.35. The van der Waals surface area contributed by atoms with Gasteiger partial charge in [0.2, 0.25) is 0 Å². The Morgan fingerprint density at radius 2 is 1.87 bits per heavy atom. The molecule has 1 unspecified atom stereocenters. The number of halogens is 1. The van der Waals surface area contributed by atoms with E-state index in [4.69, 9.17) is 21.1 Å². The van der Waals surface area contributed by atoms with Crippen LogP contribution in [0.5, 0.6) is 11.5 Å². The van der Waals surface area contributed by atoms with Crippen LogP contribution in [-0.4, -0.2) is 50.0 Å². The van der Waals surface area contributed by atoms with Gasteiger partial charge in [-0.15, -0.1) is 11.3 Å². The summed E-state index contributed by atoms with van der Waals surface area (Å²) in [6, 6.07) is 5.73. The molecule has 0 saturated carbocycles. The molecule has 3 aromatic rings. The minimum atomic E-state index is -3.82. The lowest BCUT2D eigenvalue weighted by molar-refractivity contribution is -0.121. The number of carbonyl (C=O) groups excluding carboxylic acids is 1. The van der Waals surface area contributed by atoms with Gasteiger partial charge in [0.1, 0.15) is 32.0 Å². The number of carbonyl (C=O) groups is 1. The van der Waals surface area contributed by atoms with Crippen molar-refractivity contribution in [3.8, 4) is 11.5 Å². The van der Waals surface area contributed by atoms with Gasteiger partial charge in [0, 0.05) is 13.6 Å². The molecule has 166 valence electrons. The quantitative estimate of drug-likeness (QED) is 0.535. The molecule has 1 amide bonds. The standard InChI is InChI=1S/C19H20ClN3O5S3/c1-22-16-12(27-2)6-7-13(28-3)17(16)30-19(22)21-18(24)11-5-4-10-23(11)31(25,26)15-9-8-14(20)29-15/h6-9,11H,4-5,10H2,1-3H3. The number of hydrogen-bond donors (Lipinski definition) is 0. The normalized spacial score (nSPS) is 18.1. The molecule has 1 saturated heterocycles. The van der Waals surface area contributed by atoms with Crippen LogP contribution in [0.15, 0.2) is 33.5 Å². The lowest BCUT2D eigenvalue weighted by atomic mass is 10.2. The highest BCUT2D eigenvalue weighted by atomic mass is 35.5. The molecule has 2 aromatic heterocycles. The van der Waals surface area contributed by atoms with Crippen molar-refractivity contribution in [2.75, 3.05) is 20.8 Å². The average Bonchev–Trinajstić information content (AvgIpc) is 3.47. The summed E-state index contributed by atoms with van der Waals surface area (Å²) in [5.41, 5.74) is 0.752. The van der Waals surface area contributed by atoms with E-state index in [1.807, 2.05) is 0 Å². The van der Waals surface area contributed by atoms with Gasteiger partial charge in [0.25, 0.3) is 15.9 Å². The summed E-state index contributed by atoms with van der Waals surface area (Å²) < 4.78 is 41.2. The second kappa shape index (κ2) is 8.55. The van der Waals surface area contributed by atoms with Crippen molar-refractivity contribution in [3.63, 3.8) is 0 Å². The second-order valence-corrected chi connectivity index (χ2v) is 11.7. The Morgan fingerprint density at radius 3 is 2.52 bits per heavy atom. The molecule has 1 atom stereocenters. The summed E-state index contributed by atoms with van der Waals surface area (Å²) in [5, 5.41) is 0. The molecular formula is C19H20ClN3O5S3. The van der Waals surface area contributed by atoms with Crippen LogP contribution in [0, 0.1) is 0 Å². The van der Waals surface area contributed by atoms with E-state index in [0.717, 1.165) is 21.6 Å². The number of thiazole rings is 1. The number of amides is 1. The molecule has 0 radical (unpaired) electrons. The highest BCUT2D eigenvalue weighted by molar-refractivity contribution is 7.91. The Balaban J connectivity index is 1.75. The van der Waals surface area contributed by atoms with E-state index in [-0.39, 0.29) is 10.8 Å². The fourth-order valence-electron chi connectivity index (χ4n) is 3.62. The van der Waals surface area contributed by atoms with Gasteiger partial charge in [-0.05, 0) is 37.1 Å². The smallest absolute Gasteiger partial charge is 0.266 e. The number of thiophene rings is 1. The minimum Gasteiger partial charge on any atom is -0.495 e. The molecule has 1 aliphatic rings. The van der Waals surface area contributed by atoms with E-state index >= 15 is 0 Å². The fourth-order valence-corrected chi connectivity index (χ4v) is 8.02. The average molecular weight is 502 g/mol. The molecule has 31 heavy (non-hydrogen) atoms. The van der Waals surface area contributed by atoms with Crippen molar-refractivity contribution >= 4 is 60.4 Å². The summed E-state index contributed by atoms with van der Waals surface area (Å²) in [5.74, 6) is 0.775. The Hall–Kier alpha value is -1.92. The second-order valence-electron chi connectivity index (χ2n) is 6.87. The number of ether oxygens (including phenoxy) is 2. The zero-order chi connectivity index (χ0) is 22.3. The predicted octanol–water partition coefficient (Wildman–Crippen LogP) is 3.25. The number of methoxy groups -OCH3 is 2. The molecule has 1 aliphatic heterocycles. The molecular weight excluding hydrogens is 482 g/mol. The summed E-state index contributed by atoms with van der Waals surface area (Å²) >= 11 is 8.18. The van der Waals surface area contributed by atoms with E-state index in [0.29, 0.717) is 33.5 Å². The van der Waals surface area contributed by atoms with Crippen LogP contribution in [0.4, 0.5) is 0 Å². The molecule has 12 heteroatoms. The van der Waals surface area contributed by atoms with Crippen LogP contribution < -0.4 is 14.3 Å². The van der Waals surface area contributed by atoms with Crippen LogP contribution in [-0.2, 0) is 21.9 Å². The van der Waals surface area contributed by atoms with Crippen molar-refractivity contribution in [3.05, 3.63) is 33.4 Å². The first kappa shape index (κ1) is 22.3. The van der Waals surface area contributed by atoms with Crippen molar-refractivity contribution < 1.29 is 22.7 Å². The summed E-state index contributed by atoms with van der Waals surface area (Å²) in [6.45, 7) is 0.268. The first-order chi connectivity index (χ1) is 14.8. The molecule has 0 aliphatic carbocycles. The van der Waals surface area contributed by atoms with Crippen molar-refractivity contribution in [2.24, 2.45) is 12.0 Å². The molecule has 4 rings (SSSR count). The Morgan fingerprint density at radius 1 is 1.16 bits per heavy atom. The van der Waals surface area contributed by atoms with Gasteiger partial charge in [0.15, 0.2) is 4.80 Å². The van der Waals surface area contributed by atoms with Crippen LogP contribution >= 0.6 is 34.3 Å². The summed E-state index contributed by atoms with van der Waals surface area (Å²) in [4.78, 5) is 17.8. The SMILES string of the molecule is COc1ccc(OC)c2c1sc(=NC(=O)C1CCCN1S(=O)(=O)c1ccc(Cl)s1)n2C. The highest BCUT2D eigenvalue weighted by Gasteiger charge is 2.40. The lowest BCUT2D eigenvalue weighted by Gasteiger charge is -2.20. The van der Waals surface area contributed by atoms with Gasteiger partial charge in [-0.1, -0.05) is 22.9 Å². The van der Waals surface area contributed by atoms with Gasteiger partial charge in [-0.25, -0.2) is 8.42 Å². The number of sulfonamides is 1. The number of benzene rings is 1. The Labute approximate surface area is 192 Å². The Bertz CT molecular complexity index is 1330. The van der Waals surface area contributed by atoms with Crippen LogP contribution in [0.3, 0.4) is 0 Å². The zero-order valence-corrected chi connectivity index (χ0v) is 20.2. The van der Waals surface area contributed by atoms with E-state index in [9.17, 15) is 13.2 Å². The zero-order valence-electron chi connectivity index (χ0n) is 17.0. The molecule has 3 heterocycles. The topological polar surface area (TPSA) is 90.2 Å². The first-order valence-corrected chi connectivity index (χ1v) is 12.8. The van der Waals surface area contributed by atoms with Crippen molar-refractivity contribution in [2.45, 2.75) is 23.1 Å². The van der Waals surface area contributed by atoms with Gasteiger partial charge in [-0.3, -0.25) is 4.79 Å². The van der Waals surface area contributed by atoms with Crippen LogP contribution in [0.1, 0.15) is 12.8 Å². The maximum atomic E-state index is 13.1. The largest absolute Gasteiger partial charge is 0.495 e. The maximum Gasteiger partial charge on any atom is 0.266 e. The number of nitrogens with zero attached hydrogens (tertiary/aromatic N) is 3. The third-order valence-electron chi connectivity index (χ3n) is 5.12. The fraction of sp³-hybridized carbons (Fsp3) is 0.368. The molecule has 1 fully saturated rings. The molecule has 0 N–H and O–H groups in total. The van der Waals surface area contributed by atoms with E-state index in [1.165, 1.54) is 27.8 Å². The van der Waals surface area contributed by atoms with Gasteiger partial charge in [0.05, 0.1) is 18.6 Å². The number of aromatic nitrogens is 1. The molecule has 0 bridgehead atoms. The molecule has 1 aromatic carbocycles. The molecule has 8 nitrogen and oxygen atoms in total. The maximum absolute atomic E-state index is 13.1. The number of aryl methyl sites for hydroxylation is 1. The minimum absolute atomic E-state index is 0.124. The van der Waals surface area contributed by atoms with E-state index in [2.05, 4.69) is 4.99 Å². The molecule has 0 spiro atoms. The monoisotopic (exact) mass is 501 g/mol. The van der Waals surface area contributed by atoms with Crippen molar-refractivity contribution in [1.82, 2.24) is 8.87 Å². The first-order valence-electron chi connectivity index (χ1n) is 9.34. The Kier molecular flexibility index (Phi) is 6.14. The van der Waals surface area contributed by atoms with Gasteiger partial charge in [-0.2, -0.15) is 9.30 Å². The van der Waals surface area contributed by atoms with Crippen LogP contribution in [0.2, 0.25) is 4.34 Å². The van der Waals surface area contributed by atoms with Crippen molar-refractivity contribution in [1.29, 1.82) is 0 Å². The third-order valence-corrected chi connectivity index (χ3v) is 9.87. The van der Waals surface area contributed by atoms with Gasteiger partial charge < -0.3 is 14.0 Å².